The Hall–Kier alpha value is -1.68. The van der Waals surface area contributed by atoms with Crippen molar-refractivity contribution < 1.29 is 9.53 Å². The van der Waals surface area contributed by atoms with Gasteiger partial charge in [-0.05, 0) is 51.4 Å². The topological polar surface area (TPSA) is 51.2 Å². The van der Waals surface area contributed by atoms with Crippen molar-refractivity contribution >= 4 is 11.5 Å². The summed E-state index contributed by atoms with van der Waals surface area (Å²) in [4.78, 5) is 16.4. The van der Waals surface area contributed by atoms with Crippen molar-refractivity contribution in [1.82, 2.24) is 10.3 Å². The van der Waals surface area contributed by atoms with Gasteiger partial charge in [-0.3, -0.25) is 0 Å². The van der Waals surface area contributed by atoms with E-state index in [4.69, 9.17) is 4.74 Å². The van der Waals surface area contributed by atoms with Gasteiger partial charge in [-0.15, -0.1) is 0 Å². The lowest BCUT2D eigenvalue weighted by Gasteiger charge is -2.19. The zero-order valence-electron chi connectivity index (χ0n) is 11.7. The molecular weight excluding hydrogens is 240 g/mol. The molecule has 0 radical (unpaired) electrons. The maximum atomic E-state index is 12.0. The Kier molecular flexibility index (Phi) is 4.00. The molecule has 4 heteroatoms. The van der Waals surface area contributed by atoms with Crippen LogP contribution >= 0.6 is 0 Å². The second-order valence-electron chi connectivity index (χ2n) is 5.59. The highest BCUT2D eigenvalue weighted by Crippen LogP contribution is 2.18. The van der Waals surface area contributed by atoms with E-state index in [0.29, 0.717) is 5.69 Å². The fourth-order valence-corrected chi connectivity index (χ4v) is 1.91. The molecule has 102 valence electrons. The standard InChI is InChI=1S/C15H20N2O2/c1-15(2,3)19-14(18)13-6-4-5-12(17-13)11-7-9-16-10-8-11/h4-7,16H,8-10H2,1-3H3. The second kappa shape index (κ2) is 5.53. The fraction of sp³-hybridized carbons (Fsp3) is 0.467. The van der Waals surface area contributed by atoms with Crippen molar-refractivity contribution in [3.63, 3.8) is 0 Å². The molecule has 1 aromatic rings. The number of carbonyl (C=O) groups excluding carboxylic acids is 1. The number of aromatic nitrogens is 1. The highest BCUT2D eigenvalue weighted by atomic mass is 16.6. The van der Waals surface area contributed by atoms with E-state index in [9.17, 15) is 4.79 Å². The highest BCUT2D eigenvalue weighted by Gasteiger charge is 2.19. The summed E-state index contributed by atoms with van der Waals surface area (Å²) in [6.07, 6.45) is 3.05. The van der Waals surface area contributed by atoms with Gasteiger partial charge in [0.1, 0.15) is 11.3 Å². The third-order valence-electron chi connectivity index (χ3n) is 2.75. The third kappa shape index (κ3) is 3.89. The normalized spacial score (nSPS) is 15.8. The molecule has 0 aromatic carbocycles. The molecule has 1 aliphatic heterocycles. The largest absolute Gasteiger partial charge is 0.455 e. The number of rotatable bonds is 2. The van der Waals surface area contributed by atoms with Crippen molar-refractivity contribution in [3.05, 3.63) is 35.7 Å². The first-order valence-electron chi connectivity index (χ1n) is 6.56. The Balaban J connectivity index is 2.19. The lowest BCUT2D eigenvalue weighted by molar-refractivity contribution is 0.00627. The molecule has 0 fully saturated rings. The first-order chi connectivity index (χ1) is 8.96. The predicted octanol–water partition coefficient (Wildman–Crippen LogP) is 2.41. The van der Waals surface area contributed by atoms with Gasteiger partial charge in [0.2, 0.25) is 0 Å². The molecule has 0 atom stereocenters. The van der Waals surface area contributed by atoms with E-state index in [0.717, 1.165) is 25.2 Å². The molecule has 0 spiro atoms. The highest BCUT2D eigenvalue weighted by molar-refractivity contribution is 5.88. The van der Waals surface area contributed by atoms with E-state index >= 15 is 0 Å². The first kappa shape index (κ1) is 13.7. The summed E-state index contributed by atoms with van der Waals surface area (Å²) in [6.45, 7) is 7.36. The van der Waals surface area contributed by atoms with Crippen LogP contribution in [0.3, 0.4) is 0 Å². The van der Waals surface area contributed by atoms with Crippen molar-refractivity contribution in [3.8, 4) is 0 Å². The zero-order valence-corrected chi connectivity index (χ0v) is 11.7. The second-order valence-corrected chi connectivity index (χ2v) is 5.59. The lowest BCUT2D eigenvalue weighted by atomic mass is 10.1. The van der Waals surface area contributed by atoms with Crippen LogP contribution in [0.25, 0.3) is 5.57 Å². The molecule has 1 aromatic heterocycles. The lowest BCUT2D eigenvalue weighted by Crippen LogP contribution is -2.25. The van der Waals surface area contributed by atoms with Crippen molar-refractivity contribution in [2.24, 2.45) is 0 Å². The van der Waals surface area contributed by atoms with Gasteiger partial charge < -0.3 is 10.1 Å². The summed E-state index contributed by atoms with van der Waals surface area (Å²) >= 11 is 0. The number of hydrogen-bond acceptors (Lipinski definition) is 4. The van der Waals surface area contributed by atoms with E-state index in [1.807, 2.05) is 32.9 Å². The van der Waals surface area contributed by atoms with Crippen LogP contribution in [0, 0.1) is 0 Å². The average molecular weight is 260 g/mol. The molecular formula is C15H20N2O2. The van der Waals surface area contributed by atoms with Crippen LogP contribution in [-0.2, 0) is 4.74 Å². The minimum Gasteiger partial charge on any atom is -0.455 e. The molecule has 19 heavy (non-hydrogen) atoms. The summed E-state index contributed by atoms with van der Waals surface area (Å²) in [6, 6.07) is 5.48. The van der Waals surface area contributed by atoms with Crippen LogP contribution in [0.15, 0.2) is 24.3 Å². The molecule has 1 N–H and O–H groups in total. The van der Waals surface area contributed by atoms with Gasteiger partial charge in [-0.25, -0.2) is 9.78 Å². The number of carbonyl (C=O) groups is 1. The maximum Gasteiger partial charge on any atom is 0.357 e. The fourth-order valence-electron chi connectivity index (χ4n) is 1.91. The summed E-state index contributed by atoms with van der Waals surface area (Å²) in [5, 5.41) is 3.26. The van der Waals surface area contributed by atoms with Gasteiger partial charge in [0.05, 0.1) is 5.69 Å². The van der Waals surface area contributed by atoms with E-state index in [2.05, 4.69) is 16.4 Å². The zero-order chi connectivity index (χ0) is 13.9. The first-order valence-corrected chi connectivity index (χ1v) is 6.56. The molecule has 0 unspecified atom stereocenters. The average Bonchev–Trinajstić information content (AvgIpc) is 2.38. The quantitative estimate of drug-likeness (QED) is 0.830. The number of esters is 1. The van der Waals surface area contributed by atoms with Crippen LogP contribution in [0.4, 0.5) is 0 Å². The van der Waals surface area contributed by atoms with E-state index < -0.39 is 5.60 Å². The Labute approximate surface area is 113 Å². The number of nitrogens with one attached hydrogen (secondary N) is 1. The van der Waals surface area contributed by atoms with Gasteiger partial charge in [0, 0.05) is 6.54 Å². The van der Waals surface area contributed by atoms with Gasteiger partial charge >= 0.3 is 5.97 Å². The molecule has 2 rings (SSSR count). The third-order valence-corrected chi connectivity index (χ3v) is 2.75. The smallest absolute Gasteiger partial charge is 0.357 e. The van der Waals surface area contributed by atoms with Crippen LogP contribution in [0.2, 0.25) is 0 Å². The Bertz CT molecular complexity index is 501. The molecule has 4 nitrogen and oxygen atoms in total. The summed E-state index contributed by atoms with van der Waals surface area (Å²) in [5.74, 6) is -0.371. The molecule has 0 saturated heterocycles. The Morgan fingerprint density at radius 2 is 2.16 bits per heavy atom. The monoisotopic (exact) mass is 260 g/mol. The summed E-state index contributed by atoms with van der Waals surface area (Å²) in [7, 11) is 0. The van der Waals surface area contributed by atoms with Gasteiger partial charge in [0.15, 0.2) is 0 Å². The SMILES string of the molecule is CC(C)(C)OC(=O)c1cccc(C2=CCNCC2)n1. The van der Waals surface area contributed by atoms with Gasteiger partial charge in [-0.2, -0.15) is 0 Å². The van der Waals surface area contributed by atoms with Crippen molar-refractivity contribution in [2.45, 2.75) is 32.8 Å². The predicted molar refractivity (Wildman–Crippen MR) is 74.9 cm³/mol. The Morgan fingerprint density at radius 3 is 2.79 bits per heavy atom. The number of hydrogen-bond donors (Lipinski definition) is 1. The minimum absolute atomic E-state index is 0.367. The number of ether oxygens (including phenoxy) is 1. The summed E-state index contributed by atoms with van der Waals surface area (Å²) < 4.78 is 5.33. The maximum absolute atomic E-state index is 12.0. The number of nitrogens with zero attached hydrogens (tertiary/aromatic N) is 1. The van der Waals surface area contributed by atoms with Crippen LogP contribution in [-0.4, -0.2) is 29.6 Å². The molecule has 0 saturated carbocycles. The van der Waals surface area contributed by atoms with Gasteiger partial charge in [0.25, 0.3) is 0 Å². The van der Waals surface area contributed by atoms with Crippen LogP contribution in [0.5, 0.6) is 0 Å². The van der Waals surface area contributed by atoms with E-state index in [-0.39, 0.29) is 5.97 Å². The van der Waals surface area contributed by atoms with E-state index in [1.54, 1.807) is 6.07 Å². The van der Waals surface area contributed by atoms with E-state index in [1.165, 1.54) is 5.57 Å². The number of pyridine rings is 1. The summed E-state index contributed by atoms with van der Waals surface area (Å²) in [5.41, 5.74) is 1.92. The Morgan fingerprint density at radius 1 is 1.37 bits per heavy atom. The molecule has 1 aliphatic rings. The van der Waals surface area contributed by atoms with Crippen molar-refractivity contribution in [1.29, 1.82) is 0 Å². The molecule has 0 amide bonds. The van der Waals surface area contributed by atoms with Crippen molar-refractivity contribution in [2.75, 3.05) is 13.1 Å². The molecule has 2 heterocycles. The van der Waals surface area contributed by atoms with Gasteiger partial charge in [-0.1, -0.05) is 12.1 Å². The molecule has 0 aliphatic carbocycles. The minimum atomic E-state index is -0.497. The van der Waals surface area contributed by atoms with Crippen LogP contribution in [0.1, 0.15) is 43.4 Å². The van der Waals surface area contributed by atoms with Crippen LogP contribution < -0.4 is 5.32 Å². The molecule has 0 bridgehead atoms.